The van der Waals surface area contributed by atoms with Crippen LogP contribution >= 0.6 is 0 Å². The highest BCUT2D eigenvalue weighted by Crippen LogP contribution is 2.20. The van der Waals surface area contributed by atoms with Crippen molar-refractivity contribution in [1.82, 2.24) is 0 Å². The average molecular weight is 281 g/mol. The molecule has 0 spiro atoms. The minimum absolute atomic E-state index is 0.0669. The maximum Gasteiger partial charge on any atom is 0.341 e. The number of aliphatic hydroxyl groups excluding tert-OH is 2. The number of halogens is 2. The van der Waals surface area contributed by atoms with Gasteiger partial charge >= 0.3 is 5.76 Å². The molecule has 1 unspecified atom stereocenters. The van der Waals surface area contributed by atoms with Crippen molar-refractivity contribution in [2.45, 2.75) is 16.8 Å². The lowest BCUT2D eigenvalue weighted by molar-refractivity contribution is 0.105. The summed E-state index contributed by atoms with van der Waals surface area (Å²) in [6.07, 6.45) is -0.950. The van der Waals surface area contributed by atoms with Crippen molar-refractivity contribution in [2.24, 2.45) is 0 Å². The first-order chi connectivity index (χ1) is 8.37. The van der Waals surface area contributed by atoms with Crippen molar-refractivity contribution >= 4 is 15.5 Å². The number of benzene rings is 1. The van der Waals surface area contributed by atoms with E-state index in [0.717, 1.165) is 12.1 Å². The number of sulfone groups is 1. The smallest absolute Gasteiger partial charge is 0.341 e. The van der Waals surface area contributed by atoms with E-state index in [1.807, 2.05) is 0 Å². The molecule has 5 nitrogen and oxygen atoms in total. The Morgan fingerprint density at radius 3 is 2.22 bits per heavy atom. The van der Waals surface area contributed by atoms with Gasteiger partial charge in [0.25, 0.3) is 0 Å². The predicted molar refractivity (Wildman–Crippen MR) is 61.2 cm³/mol. The molecule has 0 fully saturated rings. The van der Waals surface area contributed by atoms with Gasteiger partial charge in [-0.05, 0) is 24.3 Å². The molecule has 0 saturated heterocycles. The lowest BCUT2D eigenvalue weighted by atomic mass is 10.3. The summed E-state index contributed by atoms with van der Waals surface area (Å²) in [7, 11) is -4.58. The van der Waals surface area contributed by atoms with E-state index < -0.39 is 33.2 Å². The van der Waals surface area contributed by atoms with Crippen molar-refractivity contribution < 1.29 is 27.4 Å². The van der Waals surface area contributed by atoms with Crippen LogP contribution in [-0.4, -0.2) is 43.6 Å². The monoisotopic (exact) mass is 281 g/mol. The molecule has 3 N–H and O–H groups in total. The number of hydrogen-bond donors (Lipinski definition) is 3. The normalized spacial score (nSPS) is 13.6. The zero-order valence-electron chi connectivity index (χ0n) is 9.25. The van der Waals surface area contributed by atoms with Gasteiger partial charge in [0.1, 0.15) is 0 Å². The molecule has 0 aromatic heterocycles. The highest BCUT2D eigenvalue weighted by Gasteiger charge is 2.26. The summed E-state index contributed by atoms with van der Waals surface area (Å²) in [5.74, 6) is -3.45. The summed E-state index contributed by atoms with van der Waals surface area (Å²) in [5, 5.41) is 20.4. The van der Waals surface area contributed by atoms with Crippen LogP contribution in [0.25, 0.3) is 0 Å². The van der Waals surface area contributed by atoms with Crippen molar-refractivity contribution in [1.29, 1.82) is 0 Å². The van der Waals surface area contributed by atoms with E-state index in [2.05, 4.69) is 5.32 Å². The van der Waals surface area contributed by atoms with E-state index in [-0.39, 0.29) is 6.54 Å². The Morgan fingerprint density at radius 2 is 1.78 bits per heavy atom. The van der Waals surface area contributed by atoms with Gasteiger partial charge in [-0.25, -0.2) is 8.42 Å². The van der Waals surface area contributed by atoms with E-state index in [1.165, 1.54) is 12.1 Å². The van der Waals surface area contributed by atoms with Crippen LogP contribution in [0.15, 0.2) is 29.2 Å². The van der Waals surface area contributed by atoms with Gasteiger partial charge in [-0.15, -0.1) is 0 Å². The molecule has 0 amide bonds. The molecule has 102 valence electrons. The molecule has 18 heavy (non-hydrogen) atoms. The summed E-state index contributed by atoms with van der Waals surface area (Å²) in [6, 6.07) is 4.71. The van der Waals surface area contributed by atoms with Crippen LogP contribution in [0.5, 0.6) is 0 Å². The van der Waals surface area contributed by atoms with Crippen LogP contribution in [0.2, 0.25) is 0 Å². The highest BCUT2D eigenvalue weighted by molar-refractivity contribution is 7.91. The molecule has 0 aliphatic rings. The minimum atomic E-state index is -4.58. The topological polar surface area (TPSA) is 86.6 Å². The zero-order chi connectivity index (χ0) is 13.8. The SMILES string of the molecule is O=S(=O)(c1ccc(NCC(O)CO)cc1)C(F)F. The second kappa shape index (κ2) is 6.07. The fourth-order valence-electron chi connectivity index (χ4n) is 1.17. The zero-order valence-corrected chi connectivity index (χ0v) is 10.1. The Balaban J connectivity index is 2.75. The third-order valence-electron chi connectivity index (χ3n) is 2.17. The van der Waals surface area contributed by atoms with Crippen molar-refractivity contribution in [3.63, 3.8) is 0 Å². The third kappa shape index (κ3) is 3.62. The Morgan fingerprint density at radius 1 is 1.22 bits per heavy atom. The maximum atomic E-state index is 12.2. The Labute approximate surface area is 103 Å². The molecule has 0 heterocycles. The number of nitrogens with one attached hydrogen (secondary N) is 1. The fraction of sp³-hybridized carbons (Fsp3) is 0.400. The van der Waals surface area contributed by atoms with Crippen molar-refractivity contribution in [2.75, 3.05) is 18.5 Å². The summed E-state index contributed by atoms with van der Waals surface area (Å²) in [5.41, 5.74) is 0.454. The number of anilines is 1. The summed E-state index contributed by atoms with van der Waals surface area (Å²) in [6.45, 7) is -0.345. The molecule has 0 aliphatic carbocycles. The predicted octanol–water partition coefficient (Wildman–Crippen LogP) is 0.448. The van der Waals surface area contributed by atoms with Gasteiger partial charge in [-0.3, -0.25) is 0 Å². The van der Waals surface area contributed by atoms with E-state index in [0.29, 0.717) is 5.69 Å². The van der Waals surface area contributed by atoms with E-state index in [1.54, 1.807) is 0 Å². The summed E-state index contributed by atoms with van der Waals surface area (Å²) >= 11 is 0. The first-order valence-corrected chi connectivity index (χ1v) is 6.57. The average Bonchev–Trinajstić information content (AvgIpc) is 2.36. The lowest BCUT2D eigenvalue weighted by Gasteiger charge is -2.10. The van der Waals surface area contributed by atoms with Gasteiger partial charge in [0, 0.05) is 12.2 Å². The van der Waals surface area contributed by atoms with Crippen LogP contribution in [-0.2, 0) is 9.84 Å². The number of rotatable bonds is 6. The molecule has 0 saturated carbocycles. The molecular weight excluding hydrogens is 268 g/mol. The van der Waals surface area contributed by atoms with E-state index in [4.69, 9.17) is 10.2 Å². The standard InChI is InChI=1S/C10H13F2NO4S/c11-10(12)18(16,17)9-3-1-7(2-4-9)13-5-8(15)6-14/h1-4,8,10,13-15H,5-6H2. The lowest BCUT2D eigenvalue weighted by Crippen LogP contribution is -2.22. The van der Waals surface area contributed by atoms with Crippen molar-refractivity contribution in [3.8, 4) is 0 Å². The molecule has 0 bridgehead atoms. The molecule has 0 aliphatic heterocycles. The first kappa shape index (κ1) is 14.8. The van der Waals surface area contributed by atoms with Gasteiger partial charge in [-0.1, -0.05) is 0 Å². The molecule has 1 rings (SSSR count). The maximum absolute atomic E-state index is 12.2. The van der Waals surface area contributed by atoms with Crippen LogP contribution in [0.4, 0.5) is 14.5 Å². The third-order valence-corrected chi connectivity index (χ3v) is 3.57. The number of hydrogen-bond acceptors (Lipinski definition) is 5. The number of alkyl halides is 2. The van der Waals surface area contributed by atoms with Crippen LogP contribution in [0.1, 0.15) is 0 Å². The Bertz CT molecular complexity index is 475. The molecule has 1 aromatic carbocycles. The van der Waals surface area contributed by atoms with Gasteiger partial charge in [0.2, 0.25) is 9.84 Å². The van der Waals surface area contributed by atoms with Gasteiger partial charge in [0.15, 0.2) is 0 Å². The Hall–Kier alpha value is -1.25. The van der Waals surface area contributed by atoms with Crippen LogP contribution in [0, 0.1) is 0 Å². The quantitative estimate of drug-likeness (QED) is 0.704. The molecule has 1 atom stereocenters. The minimum Gasteiger partial charge on any atom is -0.394 e. The molecule has 0 radical (unpaired) electrons. The van der Waals surface area contributed by atoms with Crippen molar-refractivity contribution in [3.05, 3.63) is 24.3 Å². The fourth-order valence-corrected chi connectivity index (χ4v) is 1.89. The molecular formula is C10H13F2NO4S. The van der Waals surface area contributed by atoms with Gasteiger partial charge in [0.05, 0.1) is 17.6 Å². The summed E-state index contributed by atoms with van der Waals surface area (Å²) in [4.78, 5) is -0.467. The molecule has 8 heteroatoms. The summed E-state index contributed by atoms with van der Waals surface area (Å²) < 4.78 is 46.7. The first-order valence-electron chi connectivity index (χ1n) is 5.03. The molecule has 1 aromatic rings. The van der Waals surface area contributed by atoms with Gasteiger partial charge < -0.3 is 15.5 Å². The Kier molecular flexibility index (Phi) is 5.00. The van der Waals surface area contributed by atoms with Crippen LogP contribution < -0.4 is 5.32 Å². The largest absolute Gasteiger partial charge is 0.394 e. The van der Waals surface area contributed by atoms with Crippen LogP contribution in [0.3, 0.4) is 0 Å². The van der Waals surface area contributed by atoms with E-state index in [9.17, 15) is 17.2 Å². The van der Waals surface area contributed by atoms with E-state index >= 15 is 0 Å². The second-order valence-electron chi connectivity index (χ2n) is 3.55. The second-order valence-corrected chi connectivity index (χ2v) is 5.47. The van der Waals surface area contributed by atoms with Gasteiger partial charge in [-0.2, -0.15) is 8.78 Å². The highest BCUT2D eigenvalue weighted by atomic mass is 32.2. The number of aliphatic hydroxyl groups is 2.